The van der Waals surface area contributed by atoms with E-state index in [2.05, 4.69) is 61.8 Å². The Balaban J connectivity index is 2.36. The van der Waals surface area contributed by atoms with Crippen LogP contribution in [0.3, 0.4) is 0 Å². The number of hydrogen-bond acceptors (Lipinski definition) is 2. The maximum Gasteiger partial charge on any atom is 0.0824 e. The minimum atomic E-state index is -0.231. The first-order valence-electron chi connectivity index (χ1n) is 7.42. The summed E-state index contributed by atoms with van der Waals surface area (Å²) in [6.07, 6.45) is 0. The van der Waals surface area contributed by atoms with Crippen molar-refractivity contribution in [2.45, 2.75) is 46.3 Å². The van der Waals surface area contributed by atoms with E-state index in [1.807, 2.05) is 26.8 Å². The van der Waals surface area contributed by atoms with Crippen molar-refractivity contribution in [3.05, 3.63) is 70.8 Å². The smallest absolute Gasteiger partial charge is 0.0824 e. The first kappa shape index (κ1) is 15.7. The number of benzene rings is 2. The molecule has 2 aromatic rings. The lowest BCUT2D eigenvalue weighted by molar-refractivity contribution is -0.0837. The summed E-state index contributed by atoms with van der Waals surface area (Å²) in [6, 6.07) is 17.0. The van der Waals surface area contributed by atoms with Crippen LogP contribution in [-0.4, -0.2) is 5.60 Å². The molecule has 0 heterocycles. The molecule has 0 saturated carbocycles. The van der Waals surface area contributed by atoms with E-state index in [0.717, 1.165) is 0 Å². The molecule has 0 aliphatic rings. The Hall–Kier alpha value is -1.64. The van der Waals surface area contributed by atoms with Crippen LogP contribution in [0.4, 0.5) is 0 Å². The largest absolute Gasteiger partial charge is 0.295 e. The highest BCUT2D eigenvalue weighted by atomic mass is 16.7. The Morgan fingerprint density at radius 2 is 1.62 bits per heavy atom. The first-order valence-corrected chi connectivity index (χ1v) is 7.42. The minimum absolute atomic E-state index is 0.0334. The lowest BCUT2D eigenvalue weighted by Crippen LogP contribution is -2.33. The number of hydroxylamine groups is 1. The second kappa shape index (κ2) is 6.42. The molecule has 0 aliphatic heterocycles. The van der Waals surface area contributed by atoms with Gasteiger partial charge in [0.15, 0.2) is 0 Å². The third-order valence-corrected chi connectivity index (χ3v) is 3.35. The van der Waals surface area contributed by atoms with Crippen LogP contribution in [0.5, 0.6) is 0 Å². The van der Waals surface area contributed by atoms with Gasteiger partial charge in [0.1, 0.15) is 0 Å². The number of nitrogens with one attached hydrogen (secondary N) is 1. The van der Waals surface area contributed by atoms with Crippen LogP contribution in [0.15, 0.2) is 48.5 Å². The van der Waals surface area contributed by atoms with Gasteiger partial charge in [-0.05, 0) is 51.3 Å². The first-order chi connectivity index (χ1) is 9.87. The van der Waals surface area contributed by atoms with Crippen molar-refractivity contribution in [2.24, 2.45) is 0 Å². The molecule has 112 valence electrons. The molecule has 0 bridgehead atoms. The van der Waals surface area contributed by atoms with Crippen LogP contribution < -0.4 is 5.48 Å². The van der Waals surface area contributed by atoms with Gasteiger partial charge >= 0.3 is 0 Å². The molecule has 2 nitrogen and oxygen atoms in total. The van der Waals surface area contributed by atoms with Gasteiger partial charge in [-0.25, -0.2) is 0 Å². The lowest BCUT2D eigenvalue weighted by atomic mass is 9.94. The van der Waals surface area contributed by atoms with Crippen molar-refractivity contribution in [2.75, 3.05) is 0 Å². The number of aryl methyl sites for hydroxylation is 2. The molecule has 1 N–H and O–H groups in total. The summed E-state index contributed by atoms with van der Waals surface area (Å²) < 4.78 is 0. The summed E-state index contributed by atoms with van der Waals surface area (Å²) in [6.45, 7) is 10.4. The van der Waals surface area contributed by atoms with E-state index >= 15 is 0 Å². The normalized spacial score (nSPS) is 13.2. The van der Waals surface area contributed by atoms with E-state index in [-0.39, 0.29) is 11.6 Å². The SMILES string of the molecule is Cc1ccc(C(NOC(C)(C)C)c2ccccc2)c(C)c1. The van der Waals surface area contributed by atoms with Crippen LogP contribution in [0.2, 0.25) is 0 Å². The van der Waals surface area contributed by atoms with Crippen LogP contribution in [0, 0.1) is 13.8 Å². The topological polar surface area (TPSA) is 21.3 Å². The van der Waals surface area contributed by atoms with E-state index in [0.29, 0.717) is 0 Å². The summed E-state index contributed by atoms with van der Waals surface area (Å²) in [5.74, 6) is 0. The van der Waals surface area contributed by atoms with E-state index in [9.17, 15) is 0 Å². The third-order valence-electron chi connectivity index (χ3n) is 3.35. The minimum Gasteiger partial charge on any atom is -0.295 e. The summed E-state index contributed by atoms with van der Waals surface area (Å²) in [5.41, 5.74) is 8.02. The Labute approximate surface area is 128 Å². The van der Waals surface area contributed by atoms with Crippen molar-refractivity contribution in [1.29, 1.82) is 0 Å². The van der Waals surface area contributed by atoms with Gasteiger partial charge in [-0.2, -0.15) is 5.48 Å². The molecule has 2 rings (SSSR count). The highest BCUT2D eigenvalue weighted by Gasteiger charge is 2.19. The Morgan fingerprint density at radius 3 is 2.19 bits per heavy atom. The fraction of sp³-hybridized carbons (Fsp3) is 0.368. The molecule has 2 aromatic carbocycles. The average Bonchev–Trinajstić information content (AvgIpc) is 2.41. The molecule has 0 aromatic heterocycles. The monoisotopic (exact) mass is 283 g/mol. The van der Waals surface area contributed by atoms with Gasteiger partial charge < -0.3 is 0 Å². The summed E-state index contributed by atoms with van der Waals surface area (Å²) in [5, 5.41) is 0. The second-order valence-electron chi connectivity index (χ2n) is 6.54. The maximum absolute atomic E-state index is 5.84. The van der Waals surface area contributed by atoms with E-state index < -0.39 is 0 Å². The van der Waals surface area contributed by atoms with Gasteiger partial charge in [-0.3, -0.25) is 4.84 Å². The zero-order valence-corrected chi connectivity index (χ0v) is 13.6. The van der Waals surface area contributed by atoms with Gasteiger partial charge in [0.25, 0.3) is 0 Å². The molecular formula is C19H25NO. The van der Waals surface area contributed by atoms with Gasteiger partial charge in [0.05, 0.1) is 11.6 Å². The molecule has 1 atom stereocenters. The maximum atomic E-state index is 5.84. The summed E-state index contributed by atoms with van der Waals surface area (Å²) in [4.78, 5) is 5.84. The highest BCUT2D eigenvalue weighted by Crippen LogP contribution is 2.26. The Bertz CT molecular complexity index is 584. The quantitative estimate of drug-likeness (QED) is 0.820. The molecule has 0 amide bonds. The third kappa shape index (κ3) is 4.42. The molecule has 0 aliphatic carbocycles. The molecule has 21 heavy (non-hydrogen) atoms. The van der Waals surface area contributed by atoms with Gasteiger partial charge in [0.2, 0.25) is 0 Å². The van der Waals surface area contributed by atoms with Crippen LogP contribution in [0.25, 0.3) is 0 Å². The van der Waals surface area contributed by atoms with Crippen LogP contribution >= 0.6 is 0 Å². The van der Waals surface area contributed by atoms with Gasteiger partial charge in [-0.1, -0.05) is 54.1 Å². The number of rotatable bonds is 4. The molecule has 0 spiro atoms. The van der Waals surface area contributed by atoms with E-state index in [1.54, 1.807) is 0 Å². The fourth-order valence-corrected chi connectivity index (χ4v) is 2.34. The summed E-state index contributed by atoms with van der Waals surface area (Å²) in [7, 11) is 0. The van der Waals surface area contributed by atoms with E-state index in [1.165, 1.54) is 22.3 Å². The van der Waals surface area contributed by atoms with E-state index in [4.69, 9.17) is 4.84 Å². The fourth-order valence-electron chi connectivity index (χ4n) is 2.34. The van der Waals surface area contributed by atoms with Crippen molar-refractivity contribution < 1.29 is 4.84 Å². The second-order valence-corrected chi connectivity index (χ2v) is 6.54. The van der Waals surface area contributed by atoms with Gasteiger partial charge in [0, 0.05) is 0 Å². The zero-order chi connectivity index (χ0) is 15.5. The molecule has 0 radical (unpaired) electrons. The van der Waals surface area contributed by atoms with Crippen molar-refractivity contribution >= 4 is 0 Å². The van der Waals surface area contributed by atoms with Gasteiger partial charge in [-0.15, -0.1) is 0 Å². The summed E-state index contributed by atoms with van der Waals surface area (Å²) >= 11 is 0. The van der Waals surface area contributed by atoms with Crippen LogP contribution in [-0.2, 0) is 4.84 Å². The Kier molecular flexibility index (Phi) is 4.81. The molecule has 2 heteroatoms. The number of hydrogen-bond donors (Lipinski definition) is 1. The molecule has 1 unspecified atom stereocenters. The average molecular weight is 283 g/mol. The van der Waals surface area contributed by atoms with Crippen LogP contribution in [0.1, 0.15) is 49.1 Å². The standard InChI is InChI=1S/C19H25NO/c1-14-11-12-17(15(2)13-14)18(20-21-19(3,4)5)16-9-7-6-8-10-16/h6-13,18,20H,1-5H3. The molecular weight excluding hydrogens is 258 g/mol. The zero-order valence-electron chi connectivity index (χ0n) is 13.6. The Morgan fingerprint density at radius 1 is 0.952 bits per heavy atom. The lowest BCUT2D eigenvalue weighted by Gasteiger charge is -2.27. The highest BCUT2D eigenvalue weighted by molar-refractivity contribution is 5.38. The van der Waals surface area contributed by atoms with Crippen molar-refractivity contribution in [3.63, 3.8) is 0 Å². The van der Waals surface area contributed by atoms with Crippen molar-refractivity contribution in [1.82, 2.24) is 5.48 Å². The molecule has 0 fully saturated rings. The van der Waals surface area contributed by atoms with Crippen molar-refractivity contribution in [3.8, 4) is 0 Å². The molecule has 0 saturated heterocycles. The predicted octanol–water partition coefficient (Wildman–Crippen LogP) is 4.71. The predicted molar refractivity (Wildman–Crippen MR) is 88.2 cm³/mol.